The highest BCUT2D eigenvalue weighted by Gasteiger charge is 2.23. The van der Waals surface area contributed by atoms with Crippen LogP contribution < -0.4 is 5.32 Å². The molecule has 1 atom stereocenters. The van der Waals surface area contributed by atoms with Crippen molar-refractivity contribution in [3.8, 4) is 0 Å². The molecule has 1 amide bonds. The molecule has 0 aromatic carbocycles. The summed E-state index contributed by atoms with van der Waals surface area (Å²) in [5.74, 6) is -0.476. The molecule has 1 unspecified atom stereocenters. The van der Waals surface area contributed by atoms with Gasteiger partial charge in [-0.2, -0.15) is 11.8 Å². The summed E-state index contributed by atoms with van der Waals surface area (Å²) in [5, 5.41) is 11.4. The maximum atomic E-state index is 11.8. The summed E-state index contributed by atoms with van der Waals surface area (Å²) < 4.78 is 5.14. The van der Waals surface area contributed by atoms with E-state index in [1.165, 1.54) is 11.8 Å². The van der Waals surface area contributed by atoms with Gasteiger partial charge in [0, 0.05) is 6.92 Å². The number of carboxylic acid groups (broad SMARTS) is 1. The van der Waals surface area contributed by atoms with Crippen LogP contribution in [0.4, 0.5) is 0 Å². The first-order valence-corrected chi connectivity index (χ1v) is 6.81. The van der Waals surface area contributed by atoms with Gasteiger partial charge < -0.3 is 14.8 Å². The number of thioether (sulfide) groups is 1. The Kier molecular flexibility index (Phi) is 5.21. The van der Waals surface area contributed by atoms with Gasteiger partial charge in [-0.05, 0) is 25.4 Å². The van der Waals surface area contributed by atoms with Crippen LogP contribution in [0.5, 0.6) is 0 Å². The van der Waals surface area contributed by atoms with E-state index >= 15 is 0 Å². The summed E-state index contributed by atoms with van der Waals surface area (Å²) in [6.07, 6.45) is 2.25. The van der Waals surface area contributed by atoms with Crippen molar-refractivity contribution in [3.05, 3.63) is 17.3 Å². The maximum absolute atomic E-state index is 11.8. The topological polar surface area (TPSA) is 92.4 Å². The first-order valence-electron chi connectivity index (χ1n) is 5.42. The Bertz CT molecular complexity index is 444. The maximum Gasteiger partial charge on any atom is 0.326 e. The van der Waals surface area contributed by atoms with E-state index in [-0.39, 0.29) is 5.76 Å². The van der Waals surface area contributed by atoms with Gasteiger partial charge in [-0.1, -0.05) is 0 Å². The number of hydrogen-bond donors (Lipinski definition) is 2. The molecule has 0 spiro atoms. The lowest BCUT2D eigenvalue weighted by molar-refractivity contribution is -0.139. The number of aryl methyl sites for hydroxylation is 2. The molecule has 2 N–H and O–H groups in total. The quantitative estimate of drug-likeness (QED) is 0.809. The second-order valence-corrected chi connectivity index (χ2v) is 4.78. The molecule has 0 radical (unpaired) electrons. The van der Waals surface area contributed by atoms with Crippen molar-refractivity contribution < 1.29 is 19.1 Å². The van der Waals surface area contributed by atoms with Crippen LogP contribution in [0.1, 0.15) is 28.6 Å². The fourth-order valence-electron chi connectivity index (χ4n) is 1.46. The monoisotopic (exact) mass is 272 g/mol. The lowest BCUT2D eigenvalue weighted by Gasteiger charge is -2.12. The minimum absolute atomic E-state index is 0.0721. The number of carbonyl (C=O) groups is 2. The zero-order valence-corrected chi connectivity index (χ0v) is 11.3. The van der Waals surface area contributed by atoms with Crippen molar-refractivity contribution in [1.29, 1.82) is 0 Å². The molecule has 18 heavy (non-hydrogen) atoms. The smallest absolute Gasteiger partial charge is 0.326 e. The van der Waals surface area contributed by atoms with E-state index in [0.29, 0.717) is 23.8 Å². The minimum Gasteiger partial charge on any atom is -0.480 e. The number of carboxylic acids is 1. The van der Waals surface area contributed by atoms with Crippen molar-refractivity contribution in [3.63, 3.8) is 0 Å². The van der Waals surface area contributed by atoms with Crippen LogP contribution in [-0.2, 0) is 4.79 Å². The van der Waals surface area contributed by atoms with Gasteiger partial charge in [0.1, 0.15) is 6.04 Å². The molecular weight excluding hydrogens is 256 g/mol. The van der Waals surface area contributed by atoms with Crippen LogP contribution >= 0.6 is 11.8 Å². The van der Waals surface area contributed by atoms with Crippen LogP contribution in [0.2, 0.25) is 0 Å². The van der Waals surface area contributed by atoms with Gasteiger partial charge in [-0.25, -0.2) is 9.78 Å². The van der Waals surface area contributed by atoms with Crippen molar-refractivity contribution in [2.45, 2.75) is 26.3 Å². The molecular formula is C11H16N2O4S. The SMILES string of the molecule is CSCCC(NC(=O)c1oc(C)nc1C)C(=O)O. The molecule has 100 valence electrons. The molecule has 6 nitrogen and oxygen atoms in total. The van der Waals surface area contributed by atoms with Crippen LogP contribution in [0.25, 0.3) is 0 Å². The predicted octanol–water partition coefficient (Wildman–Crippen LogP) is 1.23. The van der Waals surface area contributed by atoms with E-state index < -0.39 is 17.9 Å². The average molecular weight is 272 g/mol. The Labute approximate surface area is 109 Å². The number of carbonyl (C=O) groups excluding carboxylic acids is 1. The van der Waals surface area contributed by atoms with Gasteiger partial charge in [0.25, 0.3) is 5.91 Å². The first-order chi connectivity index (χ1) is 8.45. The summed E-state index contributed by atoms with van der Waals surface area (Å²) in [7, 11) is 0. The van der Waals surface area contributed by atoms with Gasteiger partial charge in [0.15, 0.2) is 5.89 Å². The van der Waals surface area contributed by atoms with E-state index in [4.69, 9.17) is 9.52 Å². The summed E-state index contributed by atoms with van der Waals surface area (Å²) >= 11 is 1.53. The third-order valence-electron chi connectivity index (χ3n) is 2.32. The van der Waals surface area contributed by atoms with E-state index in [9.17, 15) is 9.59 Å². The van der Waals surface area contributed by atoms with Gasteiger partial charge in [0.05, 0.1) is 5.69 Å². The second kappa shape index (κ2) is 6.44. The van der Waals surface area contributed by atoms with Crippen LogP contribution in [-0.4, -0.2) is 40.0 Å². The van der Waals surface area contributed by atoms with Gasteiger partial charge >= 0.3 is 5.97 Å². The fourth-order valence-corrected chi connectivity index (χ4v) is 1.93. The van der Waals surface area contributed by atoms with Gasteiger partial charge in [-0.3, -0.25) is 4.79 Å². The molecule has 0 saturated carbocycles. The molecule has 0 fully saturated rings. The fraction of sp³-hybridized carbons (Fsp3) is 0.545. The zero-order chi connectivity index (χ0) is 13.7. The average Bonchev–Trinajstić information content (AvgIpc) is 2.63. The number of rotatable bonds is 6. The van der Waals surface area contributed by atoms with Crippen molar-refractivity contribution >= 4 is 23.6 Å². The van der Waals surface area contributed by atoms with Crippen molar-refractivity contribution in [2.75, 3.05) is 12.0 Å². The Morgan fingerprint density at radius 3 is 2.61 bits per heavy atom. The van der Waals surface area contributed by atoms with E-state index in [1.807, 2.05) is 6.26 Å². The number of hydrogen-bond acceptors (Lipinski definition) is 5. The molecule has 0 saturated heterocycles. The Balaban J connectivity index is 2.72. The zero-order valence-electron chi connectivity index (χ0n) is 10.5. The molecule has 0 aliphatic heterocycles. The molecule has 0 aliphatic rings. The largest absolute Gasteiger partial charge is 0.480 e. The van der Waals surface area contributed by atoms with Crippen LogP contribution in [0.3, 0.4) is 0 Å². The van der Waals surface area contributed by atoms with E-state index in [2.05, 4.69) is 10.3 Å². The molecule has 1 heterocycles. The highest BCUT2D eigenvalue weighted by molar-refractivity contribution is 7.98. The summed E-state index contributed by atoms with van der Waals surface area (Å²) in [4.78, 5) is 26.8. The summed E-state index contributed by atoms with van der Waals surface area (Å²) in [5.41, 5.74) is 0.457. The van der Waals surface area contributed by atoms with Gasteiger partial charge in [-0.15, -0.1) is 0 Å². The Hall–Kier alpha value is -1.50. The Morgan fingerprint density at radius 1 is 1.50 bits per heavy atom. The standard InChI is InChI=1S/C11H16N2O4S/c1-6-9(17-7(2)12-6)10(14)13-8(11(15)16)4-5-18-3/h8H,4-5H2,1-3H3,(H,13,14)(H,15,16). The van der Waals surface area contributed by atoms with Gasteiger partial charge in [0.2, 0.25) is 5.76 Å². The number of nitrogens with one attached hydrogen (secondary N) is 1. The highest BCUT2D eigenvalue weighted by atomic mass is 32.2. The third-order valence-corrected chi connectivity index (χ3v) is 2.97. The molecule has 0 bridgehead atoms. The number of nitrogens with zero attached hydrogens (tertiary/aromatic N) is 1. The third kappa shape index (κ3) is 3.76. The number of oxazole rings is 1. The van der Waals surface area contributed by atoms with Crippen LogP contribution in [0.15, 0.2) is 4.42 Å². The van der Waals surface area contributed by atoms with E-state index in [1.54, 1.807) is 13.8 Å². The first kappa shape index (κ1) is 14.6. The second-order valence-electron chi connectivity index (χ2n) is 3.79. The lowest BCUT2D eigenvalue weighted by Crippen LogP contribution is -2.41. The molecule has 1 aromatic heterocycles. The van der Waals surface area contributed by atoms with Crippen LogP contribution in [0, 0.1) is 13.8 Å². The Morgan fingerprint density at radius 2 is 2.17 bits per heavy atom. The highest BCUT2D eigenvalue weighted by Crippen LogP contribution is 2.10. The molecule has 1 rings (SSSR count). The number of aliphatic carboxylic acids is 1. The summed E-state index contributed by atoms with van der Waals surface area (Å²) in [6, 6.07) is -0.908. The van der Waals surface area contributed by atoms with Crippen molar-refractivity contribution in [2.24, 2.45) is 0 Å². The molecule has 0 aliphatic carbocycles. The minimum atomic E-state index is -1.05. The van der Waals surface area contributed by atoms with Crippen molar-refractivity contribution in [1.82, 2.24) is 10.3 Å². The molecule has 7 heteroatoms. The molecule has 1 aromatic rings. The lowest BCUT2D eigenvalue weighted by atomic mass is 10.2. The summed E-state index contributed by atoms with van der Waals surface area (Å²) in [6.45, 7) is 3.27. The van der Waals surface area contributed by atoms with E-state index in [0.717, 1.165) is 0 Å². The number of aromatic nitrogens is 1. The normalized spacial score (nSPS) is 12.2. The number of amides is 1. The predicted molar refractivity (Wildman–Crippen MR) is 67.9 cm³/mol.